The van der Waals surface area contributed by atoms with Crippen molar-refractivity contribution < 1.29 is 24.5 Å². The summed E-state index contributed by atoms with van der Waals surface area (Å²) < 4.78 is 5.93. The van der Waals surface area contributed by atoms with Crippen LogP contribution >= 0.6 is 0 Å². The first-order valence-electron chi connectivity index (χ1n) is 26.2. The Labute approximate surface area is 373 Å². The smallest absolute Gasteiger partial charge is 0.306 e. The maximum absolute atomic E-state index is 13.2. The molecule has 3 unspecified atom stereocenters. The molecule has 1 amide bonds. The van der Waals surface area contributed by atoms with E-state index < -0.39 is 18.2 Å². The van der Waals surface area contributed by atoms with Crippen LogP contribution in [-0.4, -0.2) is 46.9 Å². The van der Waals surface area contributed by atoms with Gasteiger partial charge >= 0.3 is 5.97 Å². The summed E-state index contributed by atoms with van der Waals surface area (Å²) in [6, 6.07) is -0.702. The summed E-state index contributed by atoms with van der Waals surface area (Å²) in [6.45, 7) is 6.38. The van der Waals surface area contributed by atoms with E-state index in [1.54, 1.807) is 0 Å². The lowest BCUT2D eigenvalue weighted by Gasteiger charge is -2.24. The molecule has 3 N–H and O–H groups in total. The molecule has 3 atom stereocenters. The number of allylic oxidation sites excluding steroid dienone is 6. The summed E-state index contributed by atoms with van der Waals surface area (Å²) in [5.41, 5.74) is 0. The van der Waals surface area contributed by atoms with Crippen molar-refractivity contribution in [1.29, 1.82) is 0 Å². The summed E-state index contributed by atoms with van der Waals surface area (Å²) in [6.07, 6.45) is 56.3. The number of nitrogens with one attached hydrogen (secondary N) is 1. The maximum atomic E-state index is 13.2. The Bertz CT molecular complexity index is 993. The Morgan fingerprint density at radius 3 is 1.37 bits per heavy atom. The molecule has 0 rings (SSSR count). The number of hydrogen-bond acceptors (Lipinski definition) is 5. The average Bonchev–Trinajstić information content (AvgIpc) is 3.24. The van der Waals surface area contributed by atoms with Gasteiger partial charge in [-0.15, -0.1) is 0 Å². The SMILES string of the molecule is CC/C=C/C/C=C/C/C=C/CCCCCCC(=O)OC(CCCCCCCCCCCCCCCCC)CC(=O)NC(CO)C(O)CCCCCCCCCCCCCC. The Morgan fingerprint density at radius 1 is 0.500 bits per heavy atom. The number of aliphatic hydroxyl groups is 2. The molecule has 6 nitrogen and oxygen atoms in total. The molecule has 6 heteroatoms. The quantitative estimate of drug-likeness (QED) is 0.0322. The lowest BCUT2D eigenvalue weighted by atomic mass is 10.0. The van der Waals surface area contributed by atoms with Crippen molar-refractivity contribution in [3.63, 3.8) is 0 Å². The second-order valence-electron chi connectivity index (χ2n) is 17.9. The molecular formula is C54H101NO5. The zero-order valence-electron chi connectivity index (χ0n) is 40.1. The largest absolute Gasteiger partial charge is 0.462 e. The molecule has 0 aliphatic heterocycles. The molecule has 0 saturated carbocycles. The second-order valence-corrected chi connectivity index (χ2v) is 17.9. The van der Waals surface area contributed by atoms with Crippen LogP contribution in [0, 0.1) is 0 Å². The molecule has 352 valence electrons. The monoisotopic (exact) mass is 844 g/mol. The first kappa shape index (κ1) is 58.1. The summed E-state index contributed by atoms with van der Waals surface area (Å²) in [5.74, 6) is -0.488. The summed E-state index contributed by atoms with van der Waals surface area (Å²) in [5, 5.41) is 23.8. The van der Waals surface area contributed by atoms with Crippen LogP contribution in [-0.2, 0) is 14.3 Å². The Balaban J connectivity index is 4.59. The van der Waals surface area contributed by atoms with E-state index in [2.05, 4.69) is 62.5 Å². The van der Waals surface area contributed by atoms with E-state index in [-0.39, 0.29) is 24.9 Å². The third kappa shape index (κ3) is 42.8. The molecule has 0 heterocycles. The highest BCUT2D eigenvalue weighted by Gasteiger charge is 2.24. The van der Waals surface area contributed by atoms with Gasteiger partial charge in [0.15, 0.2) is 0 Å². The van der Waals surface area contributed by atoms with Gasteiger partial charge in [-0.2, -0.15) is 0 Å². The van der Waals surface area contributed by atoms with Crippen LogP contribution in [0.1, 0.15) is 271 Å². The van der Waals surface area contributed by atoms with Gasteiger partial charge in [0.05, 0.1) is 25.2 Å². The minimum atomic E-state index is -0.788. The highest BCUT2D eigenvalue weighted by atomic mass is 16.5. The minimum Gasteiger partial charge on any atom is -0.462 e. The lowest BCUT2D eigenvalue weighted by Crippen LogP contribution is -2.46. The molecule has 0 aromatic carbocycles. The third-order valence-electron chi connectivity index (χ3n) is 12.0. The highest BCUT2D eigenvalue weighted by molar-refractivity contribution is 5.77. The van der Waals surface area contributed by atoms with Crippen molar-refractivity contribution in [3.05, 3.63) is 36.5 Å². The number of esters is 1. The Kier molecular flexibility index (Phi) is 46.6. The Hall–Kier alpha value is -1.92. The Morgan fingerprint density at radius 2 is 0.900 bits per heavy atom. The summed E-state index contributed by atoms with van der Waals surface area (Å²) in [4.78, 5) is 26.1. The van der Waals surface area contributed by atoms with E-state index in [1.807, 2.05) is 0 Å². The number of carbonyl (C=O) groups is 2. The molecular weight excluding hydrogens is 743 g/mol. The first-order chi connectivity index (χ1) is 29.5. The van der Waals surface area contributed by atoms with Gasteiger partial charge < -0.3 is 20.3 Å². The predicted molar refractivity (Wildman–Crippen MR) is 259 cm³/mol. The number of amides is 1. The van der Waals surface area contributed by atoms with Gasteiger partial charge in [-0.05, 0) is 57.8 Å². The van der Waals surface area contributed by atoms with Crippen LogP contribution < -0.4 is 5.32 Å². The van der Waals surface area contributed by atoms with Crippen molar-refractivity contribution in [3.8, 4) is 0 Å². The highest BCUT2D eigenvalue weighted by Crippen LogP contribution is 2.18. The van der Waals surface area contributed by atoms with E-state index in [0.717, 1.165) is 83.5 Å². The molecule has 0 aromatic heterocycles. The first-order valence-corrected chi connectivity index (χ1v) is 26.2. The molecule has 60 heavy (non-hydrogen) atoms. The van der Waals surface area contributed by atoms with Crippen LogP contribution in [0.4, 0.5) is 0 Å². The van der Waals surface area contributed by atoms with Gasteiger partial charge in [-0.3, -0.25) is 9.59 Å². The average molecular weight is 844 g/mol. The van der Waals surface area contributed by atoms with Crippen molar-refractivity contribution in [2.24, 2.45) is 0 Å². The molecule has 0 aliphatic rings. The van der Waals surface area contributed by atoms with Crippen LogP contribution in [0.15, 0.2) is 36.5 Å². The molecule has 0 spiro atoms. The topological polar surface area (TPSA) is 95.9 Å². The number of rotatable bonds is 47. The van der Waals surface area contributed by atoms with E-state index in [9.17, 15) is 19.8 Å². The zero-order valence-corrected chi connectivity index (χ0v) is 40.1. The molecule has 0 radical (unpaired) electrons. The van der Waals surface area contributed by atoms with Gasteiger partial charge in [0.1, 0.15) is 6.10 Å². The zero-order chi connectivity index (χ0) is 43.8. The van der Waals surface area contributed by atoms with E-state index in [1.165, 1.54) is 141 Å². The normalized spacial score (nSPS) is 13.5. The number of aliphatic hydroxyl groups excluding tert-OH is 2. The molecule has 0 aromatic rings. The van der Waals surface area contributed by atoms with E-state index >= 15 is 0 Å². The van der Waals surface area contributed by atoms with Gasteiger partial charge in [0.2, 0.25) is 5.91 Å². The fourth-order valence-electron chi connectivity index (χ4n) is 8.03. The van der Waals surface area contributed by atoms with Crippen LogP contribution in [0.3, 0.4) is 0 Å². The van der Waals surface area contributed by atoms with E-state index in [0.29, 0.717) is 19.3 Å². The van der Waals surface area contributed by atoms with Crippen molar-refractivity contribution in [2.45, 2.75) is 289 Å². The van der Waals surface area contributed by atoms with Crippen LogP contribution in [0.5, 0.6) is 0 Å². The lowest BCUT2D eigenvalue weighted by molar-refractivity contribution is -0.151. The van der Waals surface area contributed by atoms with Gasteiger partial charge in [-0.1, -0.05) is 237 Å². The molecule has 0 aliphatic carbocycles. The van der Waals surface area contributed by atoms with E-state index in [4.69, 9.17) is 4.74 Å². The number of ether oxygens (including phenoxy) is 1. The van der Waals surface area contributed by atoms with Crippen LogP contribution in [0.25, 0.3) is 0 Å². The summed E-state index contributed by atoms with van der Waals surface area (Å²) >= 11 is 0. The fraction of sp³-hybridized carbons (Fsp3) is 0.852. The minimum absolute atomic E-state index is 0.0726. The number of hydrogen-bond donors (Lipinski definition) is 3. The van der Waals surface area contributed by atoms with Crippen molar-refractivity contribution in [2.75, 3.05) is 6.61 Å². The standard InChI is InChI=1S/C54H101NO5/c1-4-7-10-13-16-19-22-25-27-28-30-33-36-39-42-45-50(60-54(59)47-44-41-38-35-32-29-26-23-20-17-14-11-8-5-2)48-53(58)55-51(49-56)52(57)46-43-40-37-34-31-24-21-18-15-12-9-6-3/h8,11,17,20,26,29,50-52,56-57H,4-7,9-10,12-16,18-19,21-25,27-28,30-49H2,1-3H3,(H,55,58)/b11-8+,20-17+,29-26+. The van der Waals surface area contributed by atoms with Crippen molar-refractivity contribution >= 4 is 11.9 Å². The van der Waals surface area contributed by atoms with Gasteiger partial charge in [0, 0.05) is 6.42 Å². The summed E-state index contributed by atoms with van der Waals surface area (Å²) in [7, 11) is 0. The van der Waals surface area contributed by atoms with Gasteiger partial charge in [-0.25, -0.2) is 0 Å². The molecule has 0 saturated heterocycles. The molecule has 0 bridgehead atoms. The maximum Gasteiger partial charge on any atom is 0.306 e. The third-order valence-corrected chi connectivity index (χ3v) is 12.0. The predicted octanol–water partition coefficient (Wildman–Crippen LogP) is 15.7. The molecule has 0 fully saturated rings. The second kappa shape index (κ2) is 48.1. The van der Waals surface area contributed by atoms with Gasteiger partial charge in [0.25, 0.3) is 0 Å². The number of carbonyl (C=O) groups excluding carboxylic acids is 2. The van der Waals surface area contributed by atoms with Crippen LogP contribution in [0.2, 0.25) is 0 Å². The fourth-order valence-corrected chi connectivity index (χ4v) is 8.03. The number of unbranched alkanes of at least 4 members (excludes halogenated alkanes) is 29. The van der Waals surface area contributed by atoms with Crippen molar-refractivity contribution in [1.82, 2.24) is 5.32 Å².